The first-order valence-electron chi connectivity index (χ1n) is 8.48. The van der Waals surface area contributed by atoms with E-state index >= 15 is 0 Å². The third-order valence-electron chi connectivity index (χ3n) is 5.06. The molecule has 1 aromatic rings. The summed E-state index contributed by atoms with van der Waals surface area (Å²) in [6.07, 6.45) is 3.07. The minimum atomic E-state index is 0.185. The van der Waals surface area contributed by atoms with Crippen LogP contribution in [0.5, 0.6) is 5.75 Å². The van der Waals surface area contributed by atoms with Gasteiger partial charge in [-0.1, -0.05) is 12.1 Å². The van der Waals surface area contributed by atoms with Crippen molar-refractivity contribution in [3.8, 4) is 5.75 Å². The first kappa shape index (κ1) is 16.3. The number of rotatable bonds is 5. The molecule has 5 nitrogen and oxygen atoms in total. The van der Waals surface area contributed by atoms with E-state index in [1.807, 2.05) is 17.0 Å². The third kappa shape index (κ3) is 3.67. The Balaban J connectivity index is 1.62. The number of benzene rings is 1. The lowest BCUT2D eigenvalue weighted by Crippen LogP contribution is -2.39. The minimum absolute atomic E-state index is 0.185. The van der Waals surface area contributed by atoms with E-state index in [2.05, 4.69) is 17.0 Å². The average Bonchev–Trinajstić information content (AvgIpc) is 3.24. The van der Waals surface area contributed by atoms with Crippen LogP contribution in [0.2, 0.25) is 0 Å². The number of nitrogens with zero attached hydrogens (tertiary/aromatic N) is 2. The van der Waals surface area contributed by atoms with Crippen molar-refractivity contribution in [2.45, 2.75) is 25.3 Å². The molecule has 2 unspecified atom stereocenters. The van der Waals surface area contributed by atoms with E-state index in [1.165, 1.54) is 5.56 Å². The lowest BCUT2D eigenvalue weighted by molar-refractivity contribution is -0.133. The number of likely N-dealkylation sites (tertiary alicyclic amines) is 2. The van der Waals surface area contributed by atoms with Crippen LogP contribution >= 0.6 is 0 Å². The van der Waals surface area contributed by atoms with Crippen molar-refractivity contribution in [1.29, 1.82) is 0 Å². The van der Waals surface area contributed by atoms with Crippen LogP contribution in [0.3, 0.4) is 0 Å². The number of carbonyl (C=O) groups is 1. The van der Waals surface area contributed by atoms with Gasteiger partial charge in [0.25, 0.3) is 0 Å². The molecule has 2 aliphatic rings. The second-order valence-corrected chi connectivity index (χ2v) is 6.59. The van der Waals surface area contributed by atoms with E-state index in [9.17, 15) is 9.90 Å². The molecule has 0 aliphatic carbocycles. The molecular weight excluding hydrogens is 292 g/mol. The van der Waals surface area contributed by atoms with Gasteiger partial charge < -0.3 is 14.7 Å². The van der Waals surface area contributed by atoms with Crippen molar-refractivity contribution in [1.82, 2.24) is 9.80 Å². The summed E-state index contributed by atoms with van der Waals surface area (Å²) in [4.78, 5) is 16.9. The number of methoxy groups -OCH3 is 1. The van der Waals surface area contributed by atoms with Gasteiger partial charge in [0.2, 0.25) is 5.91 Å². The second kappa shape index (κ2) is 7.32. The van der Waals surface area contributed by atoms with Crippen molar-refractivity contribution in [2.75, 3.05) is 39.9 Å². The van der Waals surface area contributed by atoms with Gasteiger partial charge in [-0.25, -0.2) is 0 Å². The van der Waals surface area contributed by atoms with Crippen molar-refractivity contribution in [3.05, 3.63) is 29.8 Å². The average molecular weight is 318 g/mol. The number of carbonyl (C=O) groups excluding carboxylic acids is 1. The molecule has 0 bridgehead atoms. The highest BCUT2D eigenvalue weighted by atomic mass is 16.5. The summed E-state index contributed by atoms with van der Waals surface area (Å²) in [6.45, 7) is 3.29. The number of ether oxygens (including phenoxy) is 1. The van der Waals surface area contributed by atoms with E-state index in [1.54, 1.807) is 7.11 Å². The Morgan fingerprint density at radius 2 is 2.04 bits per heavy atom. The zero-order valence-corrected chi connectivity index (χ0v) is 13.8. The molecule has 3 rings (SSSR count). The summed E-state index contributed by atoms with van der Waals surface area (Å²) in [5.41, 5.74) is 1.19. The standard InChI is InChI=1S/C18H26N2O3/c1-23-16-6-4-15(5-7-16)17-3-2-9-20(17)18(22)12-19-10-8-14(11-19)13-21/h4-7,14,17,21H,2-3,8-13H2,1H3. The van der Waals surface area contributed by atoms with Gasteiger partial charge in [0, 0.05) is 19.7 Å². The number of hydrogen-bond acceptors (Lipinski definition) is 4. The molecule has 2 atom stereocenters. The third-order valence-corrected chi connectivity index (χ3v) is 5.06. The van der Waals surface area contributed by atoms with Crippen LogP contribution in [0, 0.1) is 5.92 Å². The van der Waals surface area contributed by atoms with Gasteiger partial charge in [-0.05, 0) is 49.4 Å². The predicted octanol–water partition coefficient (Wildman–Crippen LogP) is 1.67. The van der Waals surface area contributed by atoms with Gasteiger partial charge in [-0.2, -0.15) is 0 Å². The number of amides is 1. The molecule has 0 radical (unpaired) electrons. The molecular formula is C18H26N2O3. The molecule has 126 valence electrons. The first-order chi connectivity index (χ1) is 11.2. The van der Waals surface area contributed by atoms with Crippen molar-refractivity contribution in [3.63, 3.8) is 0 Å². The Bertz CT molecular complexity index is 532. The molecule has 2 saturated heterocycles. The Morgan fingerprint density at radius 1 is 1.26 bits per heavy atom. The first-order valence-corrected chi connectivity index (χ1v) is 8.48. The highest BCUT2D eigenvalue weighted by Crippen LogP contribution is 2.33. The van der Waals surface area contributed by atoms with Crippen LogP contribution in [-0.2, 0) is 4.79 Å². The molecule has 5 heteroatoms. The normalized spacial score (nSPS) is 25.0. The molecule has 23 heavy (non-hydrogen) atoms. The maximum absolute atomic E-state index is 12.7. The van der Waals surface area contributed by atoms with Gasteiger partial charge in [0.15, 0.2) is 0 Å². The van der Waals surface area contributed by atoms with Gasteiger partial charge >= 0.3 is 0 Å². The smallest absolute Gasteiger partial charge is 0.237 e. The second-order valence-electron chi connectivity index (χ2n) is 6.59. The fourth-order valence-corrected chi connectivity index (χ4v) is 3.73. The molecule has 0 spiro atoms. The van der Waals surface area contributed by atoms with Crippen LogP contribution in [0.4, 0.5) is 0 Å². The Labute approximate surface area is 137 Å². The van der Waals surface area contributed by atoms with Crippen molar-refractivity contribution < 1.29 is 14.6 Å². The molecule has 2 aliphatic heterocycles. The minimum Gasteiger partial charge on any atom is -0.497 e. The van der Waals surface area contributed by atoms with Crippen LogP contribution in [-0.4, -0.2) is 60.7 Å². The molecule has 0 saturated carbocycles. The van der Waals surface area contributed by atoms with E-state index in [-0.39, 0.29) is 18.6 Å². The van der Waals surface area contributed by atoms with Crippen molar-refractivity contribution >= 4 is 5.91 Å². The molecule has 1 amide bonds. The number of aliphatic hydroxyl groups is 1. The zero-order valence-electron chi connectivity index (χ0n) is 13.8. The van der Waals surface area contributed by atoms with Gasteiger partial charge in [0.05, 0.1) is 19.7 Å². The van der Waals surface area contributed by atoms with E-state index in [0.717, 1.165) is 44.6 Å². The zero-order chi connectivity index (χ0) is 16.2. The van der Waals surface area contributed by atoms with Gasteiger partial charge in [-0.3, -0.25) is 9.69 Å². The Morgan fingerprint density at radius 3 is 2.70 bits per heavy atom. The van der Waals surface area contributed by atoms with Crippen LogP contribution in [0.1, 0.15) is 30.9 Å². The fraction of sp³-hybridized carbons (Fsp3) is 0.611. The summed E-state index contributed by atoms with van der Waals surface area (Å²) in [6, 6.07) is 8.23. The molecule has 2 fully saturated rings. The van der Waals surface area contributed by atoms with Crippen LogP contribution in [0.25, 0.3) is 0 Å². The van der Waals surface area contributed by atoms with Crippen LogP contribution < -0.4 is 4.74 Å². The maximum atomic E-state index is 12.7. The molecule has 2 heterocycles. The predicted molar refractivity (Wildman–Crippen MR) is 88.3 cm³/mol. The number of hydrogen-bond donors (Lipinski definition) is 1. The highest BCUT2D eigenvalue weighted by molar-refractivity contribution is 5.79. The quantitative estimate of drug-likeness (QED) is 0.897. The summed E-state index contributed by atoms with van der Waals surface area (Å²) < 4.78 is 5.21. The Kier molecular flexibility index (Phi) is 5.18. The van der Waals surface area contributed by atoms with E-state index in [4.69, 9.17) is 4.74 Å². The SMILES string of the molecule is COc1ccc(C2CCCN2C(=O)CN2CCC(CO)C2)cc1. The lowest BCUT2D eigenvalue weighted by atomic mass is 10.0. The van der Waals surface area contributed by atoms with Crippen molar-refractivity contribution in [2.24, 2.45) is 5.92 Å². The van der Waals surface area contributed by atoms with Gasteiger partial charge in [-0.15, -0.1) is 0 Å². The largest absolute Gasteiger partial charge is 0.497 e. The highest BCUT2D eigenvalue weighted by Gasteiger charge is 2.32. The summed E-state index contributed by atoms with van der Waals surface area (Å²) in [5, 5.41) is 9.23. The van der Waals surface area contributed by atoms with Gasteiger partial charge in [0.1, 0.15) is 5.75 Å². The molecule has 0 aromatic heterocycles. The fourth-order valence-electron chi connectivity index (χ4n) is 3.73. The Hall–Kier alpha value is -1.59. The van der Waals surface area contributed by atoms with E-state index < -0.39 is 0 Å². The van der Waals surface area contributed by atoms with E-state index in [0.29, 0.717) is 12.5 Å². The molecule has 1 N–H and O–H groups in total. The lowest BCUT2D eigenvalue weighted by Gasteiger charge is -2.27. The number of aliphatic hydroxyl groups excluding tert-OH is 1. The maximum Gasteiger partial charge on any atom is 0.237 e. The topological polar surface area (TPSA) is 53.0 Å². The monoisotopic (exact) mass is 318 g/mol. The van der Waals surface area contributed by atoms with Crippen LogP contribution in [0.15, 0.2) is 24.3 Å². The summed E-state index contributed by atoms with van der Waals surface area (Å²) in [7, 11) is 1.66. The summed E-state index contributed by atoms with van der Waals surface area (Å²) in [5.74, 6) is 1.39. The summed E-state index contributed by atoms with van der Waals surface area (Å²) >= 11 is 0. The molecule has 1 aromatic carbocycles.